The van der Waals surface area contributed by atoms with Crippen molar-refractivity contribution in [3.8, 4) is 0 Å². The number of fused-ring (bicyclic) bond motifs is 1. The van der Waals surface area contributed by atoms with Crippen molar-refractivity contribution in [2.75, 3.05) is 11.5 Å². The highest BCUT2D eigenvalue weighted by Crippen LogP contribution is 2.31. The zero-order valence-electron chi connectivity index (χ0n) is 7.84. The van der Waals surface area contributed by atoms with Crippen molar-refractivity contribution < 1.29 is 0 Å². The molecule has 0 radical (unpaired) electrons. The maximum absolute atomic E-state index is 5.92. The van der Waals surface area contributed by atoms with Crippen LogP contribution in [0.1, 0.15) is 0 Å². The van der Waals surface area contributed by atoms with Gasteiger partial charge in [0.2, 0.25) is 0 Å². The van der Waals surface area contributed by atoms with Crippen molar-refractivity contribution in [2.24, 2.45) is 0 Å². The number of rotatable bonds is 0. The van der Waals surface area contributed by atoms with Gasteiger partial charge in [0.15, 0.2) is 0 Å². The summed E-state index contributed by atoms with van der Waals surface area (Å²) in [5.74, 6) is 0. The van der Waals surface area contributed by atoms with E-state index in [4.69, 9.17) is 11.5 Å². The molecule has 2 rings (SSSR count). The SMILES string of the molecule is Bc1ccc(N)c2c(Br)ccc(N)c12. The minimum atomic E-state index is 0.754. The Labute approximate surface area is 91.8 Å². The first-order valence-corrected chi connectivity index (χ1v) is 5.13. The van der Waals surface area contributed by atoms with Crippen molar-refractivity contribution >= 4 is 51.4 Å². The molecule has 14 heavy (non-hydrogen) atoms. The first kappa shape index (κ1) is 9.40. The maximum atomic E-state index is 5.92. The van der Waals surface area contributed by atoms with E-state index in [2.05, 4.69) is 15.9 Å². The third-order valence-electron chi connectivity index (χ3n) is 2.38. The molecule has 0 saturated heterocycles. The molecule has 0 spiro atoms. The Kier molecular flexibility index (Phi) is 2.15. The van der Waals surface area contributed by atoms with Crippen LogP contribution in [0.4, 0.5) is 11.4 Å². The van der Waals surface area contributed by atoms with Gasteiger partial charge >= 0.3 is 0 Å². The van der Waals surface area contributed by atoms with E-state index in [1.165, 1.54) is 0 Å². The van der Waals surface area contributed by atoms with Gasteiger partial charge in [-0.1, -0.05) is 27.5 Å². The molecule has 2 nitrogen and oxygen atoms in total. The fraction of sp³-hybridized carbons (Fsp3) is 0. The van der Waals surface area contributed by atoms with Crippen LogP contribution >= 0.6 is 15.9 Å². The Morgan fingerprint density at radius 2 is 1.50 bits per heavy atom. The summed E-state index contributed by atoms with van der Waals surface area (Å²) in [6, 6.07) is 7.70. The molecule has 0 amide bonds. The van der Waals surface area contributed by atoms with Crippen LogP contribution in [0.15, 0.2) is 28.7 Å². The van der Waals surface area contributed by atoms with Gasteiger partial charge in [0.05, 0.1) is 0 Å². The van der Waals surface area contributed by atoms with Crippen LogP contribution < -0.4 is 16.9 Å². The zero-order valence-corrected chi connectivity index (χ0v) is 9.43. The second-order valence-corrected chi connectivity index (χ2v) is 4.21. The van der Waals surface area contributed by atoms with E-state index in [-0.39, 0.29) is 0 Å². The minimum Gasteiger partial charge on any atom is -0.398 e. The van der Waals surface area contributed by atoms with Crippen LogP contribution in [-0.4, -0.2) is 7.85 Å². The van der Waals surface area contributed by atoms with Gasteiger partial charge in [-0.2, -0.15) is 0 Å². The number of anilines is 2. The third-order valence-corrected chi connectivity index (χ3v) is 3.04. The molecule has 0 aliphatic rings. The molecule has 4 N–H and O–H groups in total. The summed E-state index contributed by atoms with van der Waals surface area (Å²) in [6.45, 7) is 0. The number of benzene rings is 2. The summed E-state index contributed by atoms with van der Waals surface area (Å²) in [5, 5.41) is 2.05. The van der Waals surface area contributed by atoms with Crippen molar-refractivity contribution in [3.63, 3.8) is 0 Å². The second-order valence-electron chi connectivity index (χ2n) is 3.36. The highest BCUT2D eigenvalue weighted by atomic mass is 79.9. The van der Waals surface area contributed by atoms with Gasteiger partial charge in [-0.15, -0.1) is 0 Å². The monoisotopic (exact) mass is 248 g/mol. The smallest absolute Gasteiger partial charge is 0.140 e. The Hall–Kier alpha value is -1.16. The van der Waals surface area contributed by atoms with E-state index in [1.807, 2.05) is 32.1 Å². The average Bonchev–Trinajstić information content (AvgIpc) is 2.16. The molecular weight excluding hydrogens is 239 g/mol. The number of nitrogen functional groups attached to an aromatic ring is 2. The highest BCUT2D eigenvalue weighted by molar-refractivity contribution is 9.10. The Morgan fingerprint density at radius 1 is 0.929 bits per heavy atom. The minimum absolute atomic E-state index is 0.754. The zero-order chi connectivity index (χ0) is 10.3. The van der Waals surface area contributed by atoms with Gasteiger partial charge < -0.3 is 11.5 Å². The summed E-state index contributed by atoms with van der Waals surface area (Å²) < 4.78 is 0.989. The predicted octanol–water partition coefficient (Wildman–Crippen LogP) is 1.03. The van der Waals surface area contributed by atoms with E-state index >= 15 is 0 Å². The average molecular weight is 249 g/mol. The number of nitrogens with two attached hydrogens (primary N) is 2. The van der Waals surface area contributed by atoms with Crippen LogP contribution in [0.3, 0.4) is 0 Å². The molecule has 0 unspecified atom stereocenters. The van der Waals surface area contributed by atoms with Crippen LogP contribution in [0, 0.1) is 0 Å². The van der Waals surface area contributed by atoms with Gasteiger partial charge in [0.1, 0.15) is 7.85 Å². The Bertz CT molecular complexity index is 422. The fourth-order valence-electron chi connectivity index (χ4n) is 1.68. The topological polar surface area (TPSA) is 52.0 Å². The molecule has 0 aliphatic carbocycles. The van der Waals surface area contributed by atoms with Crippen molar-refractivity contribution in [1.29, 1.82) is 0 Å². The van der Waals surface area contributed by atoms with Gasteiger partial charge in [0, 0.05) is 26.6 Å². The van der Waals surface area contributed by atoms with E-state index in [0.717, 1.165) is 32.1 Å². The number of hydrogen-bond acceptors (Lipinski definition) is 2. The Balaban J connectivity index is 3.05. The van der Waals surface area contributed by atoms with Crippen LogP contribution in [0.2, 0.25) is 0 Å². The molecule has 70 valence electrons. The summed E-state index contributed by atoms with van der Waals surface area (Å²) in [4.78, 5) is 0. The van der Waals surface area contributed by atoms with Crippen molar-refractivity contribution in [1.82, 2.24) is 0 Å². The lowest BCUT2D eigenvalue weighted by Crippen LogP contribution is -2.07. The molecule has 0 atom stereocenters. The van der Waals surface area contributed by atoms with Gasteiger partial charge in [0.25, 0.3) is 0 Å². The van der Waals surface area contributed by atoms with Crippen molar-refractivity contribution in [3.05, 3.63) is 28.7 Å². The lowest BCUT2D eigenvalue weighted by molar-refractivity contribution is 1.70. The molecule has 0 bridgehead atoms. The number of hydrogen-bond donors (Lipinski definition) is 2. The van der Waals surface area contributed by atoms with E-state index in [1.54, 1.807) is 0 Å². The number of halogens is 1. The molecule has 2 aromatic rings. The standard InChI is InChI=1S/C10H10BBrN2/c11-5-1-3-8(14)10-6(12)2-4-7(13)9(5)10/h1-4H,11,13-14H2. The lowest BCUT2D eigenvalue weighted by atomic mass is 9.88. The summed E-state index contributed by atoms with van der Waals surface area (Å²) in [7, 11) is 2.03. The molecule has 0 aliphatic heterocycles. The highest BCUT2D eigenvalue weighted by Gasteiger charge is 2.07. The van der Waals surface area contributed by atoms with Gasteiger partial charge in [-0.25, -0.2) is 0 Å². The normalized spacial score (nSPS) is 10.6. The van der Waals surface area contributed by atoms with Crippen LogP contribution in [0.5, 0.6) is 0 Å². The summed E-state index contributed by atoms with van der Waals surface area (Å²) in [6.07, 6.45) is 0. The maximum Gasteiger partial charge on any atom is 0.140 e. The summed E-state index contributed by atoms with van der Waals surface area (Å²) in [5.41, 5.74) is 14.5. The molecule has 0 aromatic heterocycles. The first-order valence-electron chi connectivity index (χ1n) is 4.34. The largest absolute Gasteiger partial charge is 0.398 e. The Morgan fingerprint density at radius 3 is 2.14 bits per heavy atom. The lowest BCUT2D eigenvalue weighted by Gasteiger charge is -2.09. The van der Waals surface area contributed by atoms with Gasteiger partial charge in [-0.05, 0) is 18.2 Å². The fourth-order valence-corrected chi connectivity index (χ4v) is 2.24. The first-order chi connectivity index (χ1) is 6.61. The summed E-state index contributed by atoms with van der Waals surface area (Å²) >= 11 is 3.48. The van der Waals surface area contributed by atoms with Crippen LogP contribution in [0.25, 0.3) is 10.8 Å². The van der Waals surface area contributed by atoms with E-state index < -0.39 is 0 Å². The van der Waals surface area contributed by atoms with E-state index in [9.17, 15) is 0 Å². The molecule has 0 saturated carbocycles. The molecule has 4 heteroatoms. The van der Waals surface area contributed by atoms with Crippen molar-refractivity contribution in [2.45, 2.75) is 0 Å². The van der Waals surface area contributed by atoms with Gasteiger partial charge in [-0.3, -0.25) is 0 Å². The molecule has 0 fully saturated rings. The van der Waals surface area contributed by atoms with Crippen LogP contribution in [-0.2, 0) is 0 Å². The predicted molar refractivity (Wildman–Crippen MR) is 68.7 cm³/mol. The third kappa shape index (κ3) is 1.26. The second kappa shape index (κ2) is 3.21. The molecule has 2 aromatic carbocycles. The molecular formula is C10H10BBrN2. The molecule has 0 heterocycles. The van der Waals surface area contributed by atoms with E-state index in [0.29, 0.717) is 0 Å². The quantitative estimate of drug-likeness (QED) is 0.541.